The minimum absolute atomic E-state index is 0.145. The Morgan fingerprint density at radius 3 is 2.88 bits per heavy atom. The van der Waals surface area contributed by atoms with Crippen LogP contribution in [0.1, 0.15) is 34.1 Å². The third-order valence-electron chi connectivity index (χ3n) is 3.21. The van der Waals surface area contributed by atoms with Gasteiger partial charge in [-0.3, -0.25) is 4.79 Å². The summed E-state index contributed by atoms with van der Waals surface area (Å²) in [6, 6.07) is 0.189. The largest absolute Gasteiger partial charge is 0.465 e. The number of hydrogen-bond acceptors (Lipinski definition) is 4. The van der Waals surface area contributed by atoms with Gasteiger partial charge in [-0.15, -0.1) is 0 Å². The lowest BCUT2D eigenvalue weighted by Crippen LogP contribution is -2.52. The predicted molar refractivity (Wildman–Crippen MR) is 68.7 cm³/mol. The van der Waals surface area contributed by atoms with Gasteiger partial charge in [0, 0.05) is 11.8 Å². The summed E-state index contributed by atoms with van der Waals surface area (Å²) in [5.74, 6) is 2.16. The molecule has 0 aromatic rings. The number of nitrogens with one attached hydrogen (secondary N) is 1. The van der Waals surface area contributed by atoms with Gasteiger partial charge in [0.1, 0.15) is 6.04 Å². The molecule has 0 aromatic heterocycles. The zero-order valence-electron chi connectivity index (χ0n) is 10.7. The molecular formula is C12H23NO2S. The van der Waals surface area contributed by atoms with Crippen molar-refractivity contribution in [3.63, 3.8) is 0 Å². The van der Waals surface area contributed by atoms with Gasteiger partial charge in [-0.2, -0.15) is 11.8 Å². The van der Waals surface area contributed by atoms with Gasteiger partial charge >= 0.3 is 5.97 Å². The predicted octanol–water partition coefficient (Wildman–Crippen LogP) is 2.06. The van der Waals surface area contributed by atoms with Crippen molar-refractivity contribution < 1.29 is 9.53 Å². The molecule has 0 aromatic carbocycles. The van der Waals surface area contributed by atoms with E-state index in [4.69, 9.17) is 4.74 Å². The summed E-state index contributed by atoms with van der Waals surface area (Å²) in [5.41, 5.74) is 0.270. The first-order valence-electron chi connectivity index (χ1n) is 5.98. The monoisotopic (exact) mass is 245 g/mol. The van der Waals surface area contributed by atoms with E-state index in [1.807, 2.05) is 25.6 Å². The number of esters is 1. The molecule has 0 aliphatic carbocycles. The summed E-state index contributed by atoms with van der Waals surface area (Å²) in [7, 11) is 0. The van der Waals surface area contributed by atoms with E-state index in [9.17, 15) is 4.79 Å². The molecule has 1 rings (SSSR count). The van der Waals surface area contributed by atoms with Gasteiger partial charge in [0.25, 0.3) is 0 Å². The van der Waals surface area contributed by atoms with Crippen LogP contribution in [0.25, 0.3) is 0 Å². The maximum absolute atomic E-state index is 11.5. The molecule has 94 valence electrons. The van der Waals surface area contributed by atoms with E-state index >= 15 is 0 Å². The van der Waals surface area contributed by atoms with Crippen molar-refractivity contribution in [1.82, 2.24) is 5.32 Å². The number of rotatable bonds is 4. The molecule has 1 aliphatic rings. The molecule has 2 unspecified atom stereocenters. The van der Waals surface area contributed by atoms with Crippen molar-refractivity contribution in [2.75, 3.05) is 18.1 Å². The lowest BCUT2D eigenvalue weighted by Gasteiger charge is -2.39. The fourth-order valence-electron chi connectivity index (χ4n) is 1.85. The van der Waals surface area contributed by atoms with Gasteiger partial charge in [0.2, 0.25) is 0 Å². The topological polar surface area (TPSA) is 38.3 Å². The lowest BCUT2D eigenvalue weighted by atomic mass is 9.82. The summed E-state index contributed by atoms with van der Waals surface area (Å²) in [6.07, 6.45) is 1.20. The van der Waals surface area contributed by atoms with Crippen molar-refractivity contribution in [2.24, 2.45) is 5.41 Å². The van der Waals surface area contributed by atoms with Gasteiger partial charge in [0.15, 0.2) is 0 Å². The summed E-state index contributed by atoms with van der Waals surface area (Å²) in [4.78, 5) is 11.5. The first kappa shape index (κ1) is 13.8. The normalized spacial score (nSPS) is 26.1. The molecule has 0 radical (unpaired) electrons. The first-order valence-corrected chi connectivity index (χ1v) is 7.13. The molecule has 4 heteroatoms. The van der Waals surface area contributed by atoms with Gasteiger partial charge in [0.05, 0.1) is 6.61 Å². The highest BCUT2D eigenvalue weighted by atomic mass is 32.2. The van der Waals surface area contributed by atoms with Crippen LogP contribution in [0.3, 0.4) is 0 Å². The Morgan fingerprint density at radius 2 is 2.31 bits per heavy atom. The second kappa shape index (κ2) is 5.92. The van der Waals surface area contributed by atoms with E-state index in [0.29, 0.717) is 12.6 Å². The molecule has 2 atom stereocenters. The maximum atomic E-state index is 11.5. The van der Waals surface area contributed by atoms with Crippen LogP contribution in [-0.4, -0.2) is 36.2 Å². The summed E-state index contributed by atoms with van der Waals surface area (Å²) < 4.78 is 5.01. The van der Waals surface area contributed by atoms with Crippen LogP contribution in [0, 0.1) is 5.41 Å². The number of thioether (sulfide) groups is 1. The fraction of sp³-hybridized carbons (Fsp3) is 0.917. The van der Waals surface area contributed by atoms with Crippen molar-refractivity contribution in [3.05, 3.63) is 0 Å². The Balaban J connectivity index is 2.48. The second-order valence-electron chi connectivity index (χ2n) is 5.01. The standard InChI is InChI=1S/C12H23NO2S/c1-5-15-11(14)9(2)13-10-8-16-7-6-12(10,3)4/h9-10,13H,5-8H2,1-4H3. The third-order valence-corrected chi connectivity index (χ3v) is 4.27. The van der Waals surface area contributed by atoms with Crippen molar-refractivity contribution in [3.8, 4) is 0 Å². The molecule has 1 heterocycles. The molecule has 16 heavy (non-hydrogen) atoms. The zero-order valence-corrected chi connectivity index (χ0v) is 11.5. The van der Waals surface area contributed by atoms with E-state index in [1.165, 1.54) is 12.2 Å². The van der Waals surface area contributed by atoms with Crippen LogP contribution in [0.5, 0.6) is 0 Å². The van der Waals surface area contributed by atoms with E-state index < -0.39 is 0 Å². The average Bonchev–Trinajstić information content (AvgIpc) is 2.21. The molecule has 1 N–H and O–H groups in total. The van der Waals surface area contributed by atoms with Gasteiger partial charge in [-0.25, -0.2) is 0 Å². The second-order valence-corrected chi connectivity index (χ2v) is 6.16. The van der Waals surface area contributed by atoms with E-state index in [2.05, 4.69) is 19.2 Å². The van der Waals surface area contributed by atoms with Crippen LogP contribution in [0.15, 0.2) is 0 Å². The van der Waals surface area contributed by atoms with Crippen molar-refractivity contribution >= 4 is 17.7 Å². The van der Waals surface area contributed by atoms with Crippen molar-refractivity contribution in [2.45, 2.75) is 46.2 Å². The van der Waals surface area contributed by atoms with Gasteiger partial charge < -0.3 is 10.1 Å². The Bertz CT molecular complexity index is 243. The highest BCUT2D eigenvalue weighted by molar-refractivity contribution is 7.99. The number of carbonyl (C=O) groups is 1. The zero-order chi connectivity index (χ0) is 12.2. The van der Waals surface area contributed by atoms with Gasteiger partial charge in [-0.1, -0.05) is 13.8 Å². The van der Waals surface area contributed by atoms with Crippen LogP contribution in [0.2, 0.25) is 0 Å². The quantitative estimate of drug-likeness (QED) is 0.769. The SMILES string of the molecule is CCOC(=O)C(C)NC1CSCCC1(C)C. The molecule has 3 nitrogen and oxygen atoms in total. The molecule has 0 amide bonds. The molecule has 0 saturated carbocycles. The van der Waals surface area contributed by atoms with Crippen LogP contribution < -0.4 is 5.32 Å². The average molecular weight is 245 g/mol. The fourth-order valence-corrected chi connectivity index (χ4v) is 3.47. The van der Waals surface area contributed by atoms with Gasteiger partial charge in [-0.05, 0) is 31.4 Å². The Kier molecular flexibility index (Phi) is 5.12. The molecule has 0 spiro atoms. The summed E-state index contributed by atoms with van der Waals surface area (Å²) in [6.45, 7) is 8.70. The highest BCUT2D eigenvalue weighted by Crippen LogP contribution is 2.34. The Labute approximate surface area is 103 Å². The Hall–Kier alpha value is -0.220. The molecule has 1 aliphatic heterocycles. The molecule has 1 saturated heterocycles. The van der Waals surface area contributed by atoms with Crippen molar-refractivity contribution in [1.29, 1.82) is 0 Å². The van der Waals surface area contributed by atoms with Crippen LogP contribution in [-0.2, 0) is 9.53 Å². The van der Waals surface area contributed by atoms with E-state index in [1.54, 1.807) is 0 Å². The third kappa shape index (κ3) is 3.67. The first-order chi connectivity index (χ1) is 7.47. The highest BCUT2D eigenvalue weighted by Gasteiger charge is 2.34. The smallest absolute Gasteiger partial charge is 0.322 e. The van der Waals surface area contributed by atoms with E-state index in [-0.39, 0.29) is 17.4 Å². The molecule has 1 fully saturated rings. The molecule has 0 bridgehead atoms. The number of ether oxygens (including phenoxy) is 1. The minimum Gasteiger partial charge on any atom is -0.465 e. The summed E-state index contributed by atoms with van der Waals surface area (Å²) in [5, 5.41) is 3.40. The summed E-state index contributed by atoms with van der Waals surface area (Å²) >= 11 is 1.96. The van der Waals surface area contributed by atoms with Crippen LogP contribution >= 0.6 is 11.8 Å². The van der Waals surface area contributed by atoms with E-state index in [0.717, 1.165) is 5.75 Å². The molecular weight excluding hydrogens is 222 g/mol. The number of hydrogen-bond donors (Lipinski definition) is 1. The lowest BCUT2D eigenvalue weighted by molar-refractivity contribution is -0.145. The Morgan fingerprint density at radius 1 is 1.62 bits per heavy atom. The number of carbonyl (C=O) groups excluding carboxylic acids is 1. The van der Waals surface area contributed by atoms with Crippen LogP contribution in [0.4, 0.5) is 0 Å². The maximum Gasteiger partial charge on any atom is 0.322 e. The minimum atomic E-state index is -0.206.